The number of ether oxygens (including phenoxy) is 2. The predicted molar refractivity (Wildman–Crippen MR) is 99.7 cm³/mol. The molecule has 26 heavy (non-hydrogen) atoms. The summed E-state index contributed by atoms with van der Waals surface area (Å²) in [4.78, 5) is 26.1. The number of unbranched alkanes of at least 4 members (excludes halogenated alkanes) is 1. The Hall–Kier alpha value is -2.08. The van der Waals surface area contributed by atoms with Gasteiger partial charge in [0.2, 0.25) is 0 Å². The Balaban J connectivity index is 1.99. The summed E-state index contributed by atoms with van der Waals surface area (Å²) < 4.78 is 10.3. The maximum Gasteiger partial charge on any atom is 0.409 e. The van der Waals surface area contributed by atoms with Crippen LogP contribution in [0.2, 0.25) is 0 Å². The second kappa shape index (κ2) is 10.2. The van der Waals surface area contributed by atoms with Crippen molar-refractivity contribution >= 4 is 12.1 Å². The quantitative estimate of drug-likeness (QED) is 0.596. The summed E-state index contributed by atoms with van der Waals surface area (Å²) >= 11 is 0. The average Bonchev–Trinajstić information content (AvgIpc) is 2.68. The molecular formula is C20H30N2O4. The largest absolute Gasteiger partial charge is 0.469 e. The fourth-order valence-corrected chi connectivity index (χ4v) is 3.26. The van der Waals surface area contributed by atoms with Crippen LogP contribution in [0.4, 0.5) is 4.79 Å². The van der Waals surface area contributed by atoms with E-state index in [0.29, 0.717) is 26.1 Å². The lowest BCUT2D eigenvalue weighted by Crippen LogP contribution is -2.54. The van der Waals surface area contributed by atoms with Crippen LogP contribution < -0.4 is 5.32 Å². The van der Waals surface area contributed by atoms with Gasteiger partial charge in [-0.25, -0.2) is 4.79 Å². The number of hydrogen-bond acceptors (Lipinski definition) is 5. The van der Waals surface area contributed by atoms with Crippen LogP contribution in [0.25, 0.3) is 0 Å². The highest BCUT2D eigenvalue weighted by Crippen LogP contribution is 2.23. The number of hydrogen-bond donors (Lipinski definition) is 1. The van der Waals surface area contributed by atoms with Gasteiger partial charge in [0.25, 0.3) is 0 Å². The molecule has 1 amide bonds. The third kappa shape index (κ3) is 5.46. The van der Waals surface area contributed by atoms with Gasteiger partial charge in [0.15, 0.2) is 0 Å². The molecule has 6 nitrogen and oxygen atoms in total. The Morgan fingerprint density at radius 2 is 2.04 bits per heavy atom. The highest BCUT2D eigenvalue weighted by molar-refractivity contribution is 5.75. The number of carbonyl (C=O) groups is 2. The molecule has 0 aromatic heterocycles. The first-order chi connectivity index (χ1) is 12.6. The van der Waals surface area contributed by atoms with E-state index in [1.807, 2.05) is 25.1 Å². The minimum atomic E-state index is -0.404. The van der Waals surface area contributed by atoms with E-state index in [0.717, 1.165) is 18.4 Å². The average molecular weight is 362 g/mol. The number of nitrogens with one attached hydrogen (secondary N) is 1. The van der Waals surface area contributed by atoms with E-state index < -0.39 is 5.92 Å². The monoisotopic (exact) mass is 362 g/mol. The topological polar surface area (TPSA) is 67.9 Å². The van der Waals surface area contributed by atoms with Crippen LogP contribution in [-0.2, 0) is 14.3 Å². The number of benzene rings is 1. The van der Waals surface area contributed by atoms with E-state index in [-0.39, 0.29) is 24.1 Å². The minimum absolute atomic E-state index is 0.0441. The molecule has 6 heteroatoms. The van der Waals surface area contributed by atoms with Crippen molar-refractivity contribution in [2.45, 2.75) is 45.2 Å². The van der Waals surface area contributed by atoms with Crippen molar-refractivity contribution < 1.29 is 19.1 Å². The number of likely N-dealkylation sites (tertiary alicyclic amines) is 1. The minimum Gasteiger partial charge on any atom is -0.469 e. The molecule has 1 fully saturated rings. The van der Waals surface area contributed by atoms with Gasteiger partial charge >= 0.3 is 12.1 Å². The molecule has 144 valence electrons. The van der Waals surface area contributed by atoms with Gasteiger partial charge < -0.3 is 19.7 Å². The van der Waals surface area contributed by atoms with Crippen molar-refractivity contribution in [2.75, 3.05) is 26.8 Å². The fraction of sp³-hybridized carbons (Fsp3) is 0.600. The summed E-state index contributed by atoms with van der Waals surface area (Å²) in [6.45, 7) is 5.43. The third-order valence-electron chi connectivity index (χ3n) is 4.86. The number of carbonyl (C=O) groups excluding carboxylic acids is 2. The normalized spacial score (nSPS) is 21.1. The lowest BCUT2D eigenvalue weighted by molar-refractivity contribution is -0.148. The number of amides is 1. The summed E-state index contributed by atoms with van der Waals surface area (Å²) in [7, 11) is 1.39. The van der Waals surface area contributed by atoms with Crippen LogP contribution in [-0.4, -0.2) is 49.8 Å². The highest BCUT2D eigenvalue weighted by Gasteiger charge is 2.37. The van der Waals surface area contributed by atoms with Crippen LogP contribution in [0.3, 0.4) is 0 Å². The number of nitrogens with zero attached hydrogens (tertiary/aromatic N) is 1. The van der Waals surface area contributed by atoms with Crippen LogP contribution in [0.1, 0.15) is 44.7 Å². The van der Waals surface area contributed by atoms with E-state index >= 15 is 0 Å². The van der Waals surface area contributed by atoms with E-state index in [9.17, 15) is 9.59 Å². The number of methoxy groups -OCH3 is 1. The van der Waals surface area contributed by atoms with Crippen molar-refractivity contribution in [3.05, 3.63) is 35.9 Å². The SMILES string of the molecule is CCCCOC(=O)N1CCC(N[C@@H](C)c2ccccc2)C(C(=O)OC)C1. The molecule has 1 saturated heterocycles. The van der Waals surface area contributed by atoms with Gasteiger partial charge in [0.1, 0.15) is 0 Å². The second-order valence-electron chi connectivity index (χ2n) is 6.74. The molecule has 1 aromatic rings. The molecule has 2 rings (SSSR count). The van der Waals surface area contributed by atoms with Gasteiger partial charge in [0.05, 0.1) is 19.6 Å². The van der Waals surface area contributed by atoms with Crippen molar-refractivity contribution in [2.24, 2.45) is 5.92 Å². The summed E-state index contributed by atoms with van der Waals surface area (Å²) in [5.74, 6) is -0.701. The Morgan fingerprint density at radius 3 is 2.69 bits per heavy atom. The number of piperidine rings is 1. The lowest BCUT2D eigenvalue weighted by atomic mass is 9.91. The van der Waals surface area contributed by atoms with Gasteiger partial charge in [0, 0.05) is 25.2 Å². The highest BCUT2D eigenvalue weighted by atomic mass is 16.6. The molecular weight excluding hydrogens is 332 g/mol. The molecule has 1 aromatic carbocycles. The van der Waals surface area contributed by atoms with Gasteiger partial charge in [-0.1, -0.05) is 43.7 Å². The van der Waals surface area contributed by atoms with Crippen LogP contribution >= 0.6 is 0 Å². The van der Waals surface area contributed by atoms with Crippen molar-refractivity contribution in [1.29, 1.82) is 0 Å². The first-order valence-corrected chi connectivity index (χ1v) is 9.37. The van der Waals surface area contributed by atoms with E-state index in [4.69, 9.17) is 9.47 Å². The molecule has 1 N–H and O–H groups in total. The molecule has 3 atom stereocenters. The zero-order valence-electron chi connectivity index (χ0n) is 15.9. The van der Waals surface area contributed by atoms with Gasteiger partial charge in [-0.05, 0) is 25.3 Å². The zero-order chi connectivity index (χ0) is 18.9. The van der Waals surface area contributed by atoms with Gasteiger partial charge in [-0.3, -0.25) is 4.79 Å². The van der Waals surface area contributed by atoms with E-state index in [2.05, 4.69) is 24.4 Å². The summed E-state index contributed by atoms with van der Waals surface area (Å²) in [5, 5.41) is 3.53. The Bertz CT molecular complexity index is 578. The lowest BCUT2D eigenvalue weighted by Gasteiger charge is -2.38. The standard InChI is InChI=1S/C20H30N2O4/c1-4-5-13-26-20(24)22-12-11-18(17(14-22)19(23)25-3)21-15(2)16-9-7-6-8-10-16/h6-10,15,17-18,21H,4-5,11-14H2,1-3H3/t15-,17?,18?/m0/s1. The molecule has 0 aliphatic carbocycles. The molecule has 2 unspecified atom stereocenters. The van der Waals surface area contributed by atoms with Gasteiger partial charge in [-0.2, -0.15) is 0 Å². The molecule has 0 spiro atoms. The molecule has 0 saturated carbocycles. The maximum atomic E-state index is 12.3. The summed E-state index contributed by atoms with van der Waals surface area (Å²) in [6.07, 6.45) is 2.15. The van der Waals surface area contributed by atoms with Gasteiger partial charge in [-0.15, -0.1) is 0 Å². The Kier molecular flexibility index (Phi) is 7.91. The zero-order valence-corrected chi connectivity index (χ0v) is 15.9. The van der Waals surface area contributed by atoms with Crippen molar-refractivity contribution in [3.8, 4) is 0 Å². The van der Waals surface area contributed by atoms with Crippen LogP contribution in [0.15, 0.2) is 30.3 Å². The molecule has 1 aliphatic rings. The first-order valence-electron chi connectivity index (χ1n) is 9.37. The number of esters is 1. The molecule has 0 bridgehead atoms. The molecule has 1 aliphatic heterocycles. The van der Waals surface area contributed by atoms with Crippen molar-refractivity contribution in [1.82, 2.24) is 10.2 Å². The van der Waals surface area contributed by atoms with Crippen molar-refractivity contribution in [3.63, 3.8) is 0 Å². The van der Waals surface area contributed by atoms with E-state index in [1.165, 1.54) is 7.11 Å². The second-order valence-corrected chi connectivity index (χ2v) is 6.74. The summed E-state index contributed by atoms with van der Waals surface area (Å²) in [6, 6.07) is 10.2. The maximum absolute atomic E-state index is 12.3. The number of rotatable bonds is 7. The van der Waals surface area contributed by atoms with Crippen LogP contribution in [0.5, 0.6) is 0 Å². The third-order valence-corrected chi connectivity index (χ3v) is 4.86. The molecule has 1 heterocycles. The van der Waals surface area contributed by atoms with Crippen LogP contribution in [0, 0.1) is 5.92 Å². The smallest absolute Gasteiger partial charge is 0.409 e. The summed E-state index contributed by atoms with van der Waals surface area (Å²) in [5.41, 5.74) is 1.16. The molecule has 0 radical (unpaired) electrons. The Morgan fingerprint density at radius 1 is 1.31 bits per heavy atom. The van der Waals surface area contributed by atoms with E-state index in [1.54, 1.807) is 4.90 Å². The predicted octanol–water partition coefficient (Wildman–Crippen LogP) is 3.14. The Labute approximate surface area is 155 Å². The fourth-order valence-electron chi connectivity index (χ4n) is 3.26. The first kappa shape index (κ1) is 20.2.